The summed E-state index contributed by atoms with van der Waals surface area (Å²) in [6.45, 7) is 2.84. The summed E-state index contributed by atoms with van der Waals surface area (Å²) in [5.74, 6) is -3.33. The number of aliphatic carboxylic acids is 1. The summed E-state index contributed by atoms with van der Waals surface area (Å²) in [6, 6.07) is 5.41. The van der Waals surface area contributed by atoms with Crippen LogP contribution >= 0.6 is 11.8 Å². The van der Waals surface area contributed by atoms with Crippen molar-refractivity contribution in [2.75, 3.05) is 13.1 Å². The van der Waals surface area contributed by atoms with Gasteiger partial charge in [-0.25, -0.2) is 4.79 Å². The van der Waals surface area contributed by atoms with Gasteiger partial charge in [0.15, 0.2) is 0 Å². The number of hydrogen-bond donors (Lipinski definition) is 5. The number of β-lactam (4-membered cyclic amide) rings is 1. The highest BCUT2D eigenvalue weighted by atomic mass is 32.2. The van der Waals surface area contributed by atoms with Crippen molar-refractivity contribution < 1.29 is 29.1 Å². The molecule has 32 heavy (non-hydrogen) atoms. The molecule has 0 bridgehead atoms. The molecule has 4 unspecified atom stereocenters. The van der Waals surface area contributed by atoms with Crippen LogP contribution in [0.15, 0.2) is 30.3 Å². The SMILES string of the molecule is CC1(C)SC2C(NC(=O)C(NC(=O)CNC(=O)CN)c3ccccc3)C(=O)N2C1C(=O)O. The molecule has 0 saturated carbocycles. The van der Waals surface area contributed by atoms with Crippen molar-refractivity contribution in [2.24, 2.45) is 5.73 Å². The standard InChI is InChI=1S/C20H25N5O6S/c1-20(2)15(19(30)31)25-17(29)14(18(25)32-20)24-16(28)13(10-6-4-3-5-7-10)23-12(27)9-22-11(26)8-21/h3-7,13-15,18H,8-9,21H2,1-2H3,(H,22,26)(H,23,27)(H,24,28)(H,30,31). The van der Waals surface area contributed by atoms with Crippen LogP contribution < -0.4 is 21.7 Å². The Morgan fingerprint density at radius 2 is 1.84 bits per heavy atom. The van der Waals surface area contributed by atoms with Crippen LogP contribution in [-0.4, -0.2) is 74.9 Å². The van der Waals surface area contributed by atoms with Crippen molar-refractivity contribution in [3.05, 3.63) is 35.9 Å². The van der Waals surface area contributed by atoms with Crippen LogP contribution in [0.2, 0.25) is 0 Å². The van der Waals surface area contributed by atoms with Crippen molar-refractivity contribution >= 4 is 41.4 Å². The zero-order valence-corrected chi connectivity index (χ0v) is 18.3. The number of carbonyl (C=O) groups excluding carboxylic acids is 4. The van der Waals surface area contributed by atoms with E-state index in [1.54, 1.807) is 44.2 Å². The second-order valence-corrected chi connectivity index (χ2v) is 9.75. The lowest BCUT2D eigenvalue weighted by atomic mass is 9.95. The number of amides is 4. The predicted molar refractivity (Wildman–Crippen MR) is 115 cm³/mol. The maximum absolute atomic E-state index is 13.1. The third-order valence-corrected chi connectivity index (χ3v) is 6.88. The Kier molecular flexibility index (Phi) is 6.74. The smallest absolute Gasteiger partial charge is 0.327 e. The summed E-state index contributed by atoms with van der Waals surface area (Å²) in [4.78, 5) is 62.2. The van der Waals surface area contributed by atoms with Crippen LogP contribution in [0.1, 0.15) is 25.5 Å². The molecule has 4 atom stereocenters. The number of hydrogen-bond acceptors (Lipinski definition) is 7. The third-order valence-electron chi connectivity index (χ3n) is 5.30. The van der Waals surface area contributed by atoms with E-state index < -0.39 is 57.8 Å². The molecule has 0 spiro atoms. The summed E-state index contributed by atoms with van der Waals surface area (Å²) in [5.41, 5.74) is 5.68. The first kappa shape index (κ1) is 23.5. The zero-order valence-electron chi connectivity index (χ0n) is 17.5. The summed E-state index contributed by atoms with van der Waals surface area (Å²) >= 11 is 1.31. The van der Waals surface area contributed by atoms with Crippen molar-refractivity contribution in [3.63, 3.8) is 0 Å². The number of carboxylic acids is 1. The number of carbonyl (C=O) groups is 5. The van der Waals surface area contributed by atoms with Gasteiger partial charge in [0.2, 0.25) is 23.6 Å². The van der Waals surface area contributed by atoms with E-state index in [1.807, 2.05) is 0 Å². The zero-order chi connectivity index (χ0) is 23.6. The van der Waals surface area contributed by atoms with Crippen molar-refractivity contribution in [1.82, 2.24) is 20.9 Å². The summed E-state index contributed by atoms with van der Waals surface area (Å²) < 4.78 is -0.722. The molecule has 4 amide bonds. The first-order chi connectivity index (χ1) is 15.1. The molecule has 1 aromatic rings. The minimum Gasteiger partial charge on any atom is -0.480 e. The second kappa shape index (κ2) is 9.17. The molecule has 1 aromatic carbocycles. The van der Waals surface area contributed by atoms with Crippen LogP contribution in [-0.2, 0) is 24.0 Å². The molecule has 0 radical (unpaired) electrons. The van der Waals surface area contributed by atoms with Crippen molar-refractivity contribution in [1.29, 1.82) is 0 Å². The number of nitrogens with one attached hydrogen (secondary N) is 3. The molecule has 3 rings (SSSR count). The predicted octanol–water partition coefficient (Wildman–Crippen LogP) is -1.45. The van der Waals surface area contributed by atoms with Gasteiger partial charge < -0.3 is 31.7 Å². The highest BCUT2D eigenvalue weighted by Gasteiger charge is 2.64. The Morgan fingerprint density at radius 1 is 1.19 bits per heavy atom. The molecule has 2 aliphatic rings. The van der Waals surface area contributed by atoms with E-state index in [2.05, 4.69) is 16.0 Å². The molecule has 11 nitrogen and oxygen atoms in total. The summed E-state index contributed by atoms with van der Waals surface area (Å²) in [6.07, 6.45) is 0. The Labute approximate surface area is 188 Å². The number of thioether (sulfide) groups is 1. The highest BCUT2D eigenvalue weighted by Crippen LogP contribution is 2.50. The summed E-state index contributed by atoms with van der Waals surface area (Å²) in [7, 11) is 0. The van der Waals surface area contributed by atoms with Gasteiger partial charge in [0.25, 0.3) is 0 Å². The largest absolute Gasteiger partial charge is 0.480 e. The van der Waals surface area contributed by atoms with Gasteiger partial charge in [0.05, 0.1) is 13.1 Å². The fraction of sp³-hybridized carbons (Fsp3) is 0.450. The van der Waals surface area contributed by atoms with Crippen LogP contribution in [0.25, 0.3) is 0 Å². The fourth-order valence-electron chi connectivity index (χ4n) is 3.79. The van der Waals surface area contributed by atoms with Gasteiger partial charge in [-0.2, -0.15) is 0 Å². The van der Waals surface area contributed by atoms with E-state index in [0.29, 0.717) is 5.56 Å². The Bertz CT molecular complexity index is 940. The average molecular weight is 464 g/mol. The maximum Gasteiger partial charge on any atom is 0.327 e. The number of benzene rings is 1. The van der Waals surface area contributed by atoms with Gasteiger partial charge in [-0.05, 0) is 19.4 Å². The molecule has 0 aliphatic carbocycles. The molecule has 2 fully saturated rings. The Morgan fingerprint density at radius 3 is 2.44 bits per heavy atom. The molecule has 6 N–H and O–H groups in total. The van der Waals surface area contributed by atoms with E-state index in [1.165, 1.54) is 16.7 Å². The quantitative estimate of drug-likeness (QED) is 0.291. The first-order valence-corrected chi connectivity index (χ1v) is 10.8. The van der Waals surface area contributed by atoms with Crippen molar-refractivity contribution in [2.45, 2.75) is 42.1 Å². The number of rotatable bonds is 8. The van der Waals surface area contributed by atoms with Crippen LogP contribution in [0.5, 0.6) is 0 Å². The van der Waals surface area contributed by atoms with Gasteiger partial charge in [-0.1, -0.05) is 30.3 Å². The Hall–Kier alpha value is -3.12. The lowest BCUT2D eigenvalue weighted by molar-refractivity contribution is -0.161. The van der Waals surface area contributed by atoms with E-state index in [9.17, 15) is 29.1 Å². The molecule has 172 valence electrons. The van der Waals surface area contributed by atoms with Crippen LogP contribution in [0.3, 0.4) is 0 Å². The molecule has 2 aliphatic heterocycles. The topological polar surface area (TPSA) is 171 Å². The molecule has 2 heterocycles. The Balaban J connectivity index is 1.72. The van der Waals surface area contributed by atoms with E-state index in [-0.39, 0.29) is 13.1 Å². The lowest BCUT2D eigenvalue weighted by Crippen LogP contribution is -2.71. The second-order valence-electron chi connectivity index (χ2n) is 7.98. The van der Waals surface area contributed by atoms with Crippen LogP contribution in [0, 0.1) is 0 Å². The normalized spacial score (nSPS) is 24.0. The number of carboxylic acid groups (broad SMARTS) is 1. The molecule has 12 heteroatoms. The first-order valence-electron chi connectivity index (χ1n) is 9.91. The number of fused-ring (bicyclic) bond motifs is 1. The maximum atomic E-state index is 13.1. The van der Waals surface area contributed by atoms with Gasteiger partial charge in [0, 0.05) is 4.75 Å². The monoisotopic (exact) mass is 463 g/mol. The molecular formula is C20H25N5O6S. The highest BCUT2D eigenvalue weighted by molar-refractivity contribution is 8.01. The van der Waals surface area contributed by atoms with E-state index in [0.717, 1.165) is 0 Å². The average Bonchev–Trinajstić information content (AvgIpc) is 3.02. The van der Waals surface area contributed by atoms with E-state index >= 15 is 0 Å². The number of nitrogens with two attached hydrogens (primary N) is 1. The van der Waals surface area contributed by atoms with E-state index in [4.69, 9.17) is 5.73 Å². The van der Waals surface area contributed by atoms with Gasteiger partial charge >= 0.3 is 5.97 Å². The van der Waals surface area contributed by atoms with Gasteiger partial charge in [-0.15, -0.1) is 11.8 Å². The van der Waals surface area contributed by atoms with Crippen molar-refractivity contribution in [3.8, 4) is 0 Å². The minimum absolute atomic E-state index is 0.275. The number of nitrogens with zero attached hydrogens (tertiary/aromatic N) is 1. The van der Waals surface area contributed by atoms with Gasteiger partial charge in [-0.3, -0.25) is 19.2 Å². The van der Waals surface area contributed by atoms with Gasteiger partial charge in [0.1, 0.15) is 23.5 Å². The third kappa shape index (κ3) is 4.55. The van der Waals surface area contributed by atoms with Crippen LogP contribution in [0.4, 0.5) is 0 Å². The molecule has 0 aromatic heterocycles. The summed E-state index contributed by atoms with van der Waals surface area (Å²) in [5, 5.41) is 16.5. The minimum atomic E-state index is -1.12. The molecular weight excluding hydrogens is 438 g/mol. The molecule has 2 saturated heterocycles. The fourth-order valence-corrected chi connectivity index (χ4v) is 5.42. The lowest BCUT2D eigenvalue weighted by Gasteiger charge is -2.44.